The van der Waals surface area contributed by atoms with Crippen LogP contribution in [0.2, 0.25) is 0 Å². The van der Waals surface area contributed by atoms with E-state index in [9.17, 15) is 0 Å². The van der Waals surface area contributed by atoms with Crippen molar-refractivity contribution >= 4 is 0 Å². The van der Waals surface area contributed by atoms with Crippen molar-refractivity contribution in [3.05, 3.63) is 11.6 Å². The lowest BCUT2D eigenvalue weighted by Gasteiger charge is -2.14. The maximum absolute atomic E-state index is 3.51. The molecule has 0 saturated heterocycles. The van der Waals surface area contributed by atoms with Crippen molar-refractivity contribution < 1.29 is 0 Å². The molecule has 76 valence electrons. The fraction of sp³-hybridized carbons (Fsp3) is 0.833. The van der Waals surface area contributed by atoms with Crippen molar-refractivity contribution in [1.82, 2.24) is 5.32 Å². The topological polar surface area (TPSA) is 12.0 Å². The highest BCUT2D eigenvalue weighted by atomic mass is 14.9. The van der Waals surface area contributed by atoms with Crippen LogP contribution < -0.4 is 5.32 Å². The van der Waals surface area contributed by atoms with Crippen LogP contribution in [-0.2, 0) is 0 Å². The molecule has 1 aliphatic carbocycles. The number of allylic oxidation sites excluding steroid dienone is 1. The van der Waals surface area contributed by atoms with E-state index in [1.165, 1.54) is 31.4 Å². The quantitative estimate of drug-likeness (QED) is 0.519. The molecular formula is C12H23N. The third kappa shape index (κ3) is 3.95. The normalized spacial score (nSPS) is 27.6. The summed E-state index contributed by atoms with van der Waals surface area (Å²) in [4.78, 5) is 0. The number of hydrogen-bond donors (Lipinski definition) is 1. The van der Waals surface area contributed by atoms with Crippen LogP contribution in [0.15, 0.2) is 11.6 Å². The summed E-state index contributed by atoms with van der Waals surface area (Å²) >= 11 is 0. The first-order valence-electron chi connectivity index (χ1n) is 5.54. The van der Waals surface area contributed by atoms with Crippen molar-refractivity contribution in [2.45, 2.75) is 40.0 Å². The Morgan fingerprint density at radius 3 is 2.69 bits per heavy atom. The zero-order chi connectivity index (χ0) is 9.68. The molecular weight excluding hydrogens is 158 g/mol. The summed E-state index contributed by atoms with van der Waals surface area (Å²) in [6.07, 6.45) is 6.58. The van der Waals surface area contributed by atoms with Crippen LogP contribution in [0.25, 0.3) is 0 Å². The van der Waals surface area contributed by atoms with E-state index in [4.69, 9.17) is 0 Å². The second kappa shape index (κ2) is 5.43. The molecule has 13 heavy (non-hydrogen) atoms. The van der Waals surface area contributed by atoms with Gasteiger partial charge in [-0.2, -0.15) is 0 Å². The molecule has 1 heteroatoms. The Morgan fingerprint density at radius 2 is 2.15 bits per heavy atom. The largest absolute Gasteiger partial charge is 0.313 e. The highest BCUT2D eigenvalue weighted by Crippen LogP contribution is 2.30. The van der Waals surface area contributed by atoms with Gasteiger partial charge in [0, 0.05) is 6.54 Å². The Kier molecular flexibility index (Phi) is 4.51. The lowest BCUT2D eigenvalue weighted by Crippen LogP contribution is -2.24. The second-order valence-electron chi connectivity index (χ2n) is 4.61. The average molecular weight is 181 g/mol. The van der Waals surface area contributed by atoms with E-state index in [-0.39, 0.29) is 0 Å². The highest BCUT2D eigenvalue weighted by molar-refractivity contribution is 4.94. The maximum Gasteiger partial charge on any atom is 0.0137 e. The summed E-state index contributed by atoms with van der Waals surface area (Å²) in [6, 6.07) is 0. The summed E-state index contributed by atoms with van der Waals surface area (Å²) in [5.41, 5.74) is 1.41. The fourth-order valence-corrected chi connectivity index (χ4v) is 2.07. The van der Waals surface area contributed by atoms with Gasteiger partial charge in [0.15, 0.2) is 0 Å². The molecule has 0 aromatic rings. The minimum atomic E-state index is 0.936. The lowest BCUT2D eigenvalue weighted by atomic mass is 9.98. The Hall–Kier alpha value is -0.300. The minimum absolute atomic E-state index is 0.936. The van der Waals surface area contributed by atoms with E-state index in [0.29, 0.717) is 0 Å². The average Bonchev–Trinajstić information content (AvgIpc) is 2.45. The molecule has 0 heterocycles. The van der Waals surface area contributed by atoms with Gasteiger partial charge in [0.25, 0.3) is 0 Å². The summed E-state index contributed by atoms with van der Waals surface area (Å²) in [5.74, 6) is 1.88. The van der Waals surface area contributed by atoms with Gasteiger partial charge in [-0.1, -0.05) is 31.4 Å². The van der Waals surface area contributed by atoms with Crippen LogP contribution in [-0.4, -0.2) is 13.1 Å². The molecule has 2 unspecified atom stereocenters. The highest BCUT2D eigenvalue weighted by Gasteiger charge is 2.22. The van der Waals surface area contributed by atoms with Crippen LogP contribution >= 0.6 is 0 Å². The molecule has 1 aliphatic rings. The molecule has 0 bridgehead atoms. The predicted octanol–water partition coefficient (Wildman–Crippen LogP) is 2.98. The number of rotatable bonds is 4. The van der Waals surface area contributed by atoms with Crippen LogP contribution in [0.4, 0.5) is 0 Å². The molecule has 1 nitrogen and oxygen atoms in total. The molecule has 1 fully saturated rings. The van der Waals surface area contributed by atoms with Gasteiger partial charge in [-0.3, -0.25) is 0 Å². The Morgan fingerprint density at radius 1 is 1.38 bits per heavy atom. The summed E-state index contributed by atoms with van der Waals surface area (Å²) in [7, 11) is 0. The number of nitrogens with one attached hydrogen (secondary N) is 1. The van der Waals surface area contributed by atoms with Crippen LogP contribution in [0.5, 0.6) is 0 Å². The van der Waals surface area contributed by atoms with E-state index in [1.807, 2.05) is 0 Å². The van der Waals surface area contributed by atoms with Crippen molar-refractivity contribution in [3.8, 4) is 0 Å². The molecule has 1 saturated carbocycles. The molecule has 0 amide bonds. The summed E-state index contributed by atoms with van der Waals surface area (Å²) < 4.78 is 0. The molecule has 0 aromatic heterocycles. The van der Waals surface area contributed by atoms with Crippen molar-refractivity contribution in [1.29, 1.82) is 0 Å². The SMILES string of the molecule is CC(C)=CCNCC1CCCC1C. The van der Waals surface area contributed by atoms with Gasteiger partial charge in [-0.15, -0.1) is 0 Å². The third-order valence-corrected chi connectivity index (χ3v) is 3.10. The second-order valence-corrected chi connectivity index (χ2v) is 4.61. The van der Waals surface area contributed by atoms with E-state index in [0.717, 1.165) is 18.4 Å². The maximum atomic E-state index is 3.51. The Bertz CT molecular complexity index is 168. The molecule has 2 atom stereocenters. The van der Waals surface area contributed by atoms with Crippen molar-refractivity contribution in [3.63, 3.8) is 0 Å². The third-order valence-electron chi connectivity index (χ3n) is 3.10. The zero-order valence-electron chi connectivity index (χ0n) is 9.27. The molecule has 1 rings (SSSR count). The first kappa shape index (κ1) is 10.8. The fourth-order valence-electron chi connectivity index (χ4n) is 2.07. The van der Waals surface area contributed by atoms with Crippen LogP contribution in [0.3, 0.4) is 0 Å². The predicted molar refractivity (Wildman–Crippen MR) is 58.8 cm³/mol. The van der Waals surface area contributed by atoms with E-state index in [2.05, 4.69) is 32.2 Å². The Labute approximate surface area is 82.6 Å². The van der Waals surface area contributed by atoms with Gasteiger partial charge in [-0.05, 0) is 38.6 Å². The Balaban J connectivity index is 2.09. The standard InChI is InChI=1S/C12H23N/c1-10(2)7-8-13-9-12-6-4-5-11(12)3/h7,11-13H,4-6,8-9H2,1-3H3. The van der Waals surface area contributed by atoms with E-state index < -0.39 is 0 Å². The van der Waals surface area contributed by atoms with Crippen molar-refractivity contribution in [2.75, 3.05) is 13.1 Å². The van der Waals surface area contributed by atoms with E-state index >= 15 is 0 Å². The smallest absolute Gasteiger partial charge is 0.0137 e. The van der Waals surface area contributed by atoms with Gasteiger partial charge in [-0.25, -0.2) is 0 Å². The summed E-state index contributed by atoms with van der Waals surface area (Å²) in [6.45, 7) is 8.95. The van der Waals surface area contributed by atoms with Gasteiger partial charge < -0.3 is 5.32 Å². The lowest BCUT2D eigenvalue weighted by molar-refractivity contribution is 0.399. The molecule has 0 aromatic carbocycles. The van der Waals surface area contributed by atoms with Gasteiger partial charge >= 0.3 is 0 Å². The molecule has 0 spiro atoms. The summed E-state index contributed by atoms with van der Waals surface area (Å²) in [5, 5.41) is 3.51. The van der Waals surface area contributed by atoms with E-state index in [1.54, 1.807) is 0 Å². The van der Waals surface area contributed by atoms with Crippen molar-refractivity contribution in [2.24, 2.45) is 11.8 Å². The van der Waals surface area contributed by atoms with Gasteiger partial charge in [0.2, 0.25) is 0 Å². The minimum Gasteiger partial charge on any atom is -0.313 e. The van der Waals surface area contributed by atoms with Gasteiger partial charge in [0.05, 0.1) is 0 Å². The monoisotopic (exact) mass is 181 g/mol. The van der Waals surface area contributed by atoms with Crippen LogP contribution in [0.1, 0.15) is 40.0 Å². The molecule has 0 aliphatic heterocycles. The van der Waals surface area contributed by atoms with Gasteiger partial charge in [0.1, 0.15) is 0 Å². The molecule has 1 N–H and O–H groups in total. The zero-order valence-corrected chi connectivity index (χ0v) is 9.27. The molecule has 0 radical (unpaired) electrons. The van der Waals surface area contributed by atoms with Crippen LogP contribution in [0, 0.1) is 11.8 Å². The first-order valence-corrected chi connectivity index (χ1v) is 5.54. The first-order chi connectivity index (χ1) is 6.20. The number of hydrogen-bond acceptors (Lipinski definition) is 1.